The van der Waals surface area contributed by atoms with Gasteiger partial charge >= 0.3 is 0 Å². The molecule has 0 aliphatic carbocycles. The van der Waals surface area contributed by atoms with E-state index in [1.165, 1.54) is 0 Å². The van der Waals surface area contributed by atoms with Crippen molar-refractivity contribution in [1.82, 2.24) is 39.5 Å². The summed E-state index contributed by atoms with van der Waals surface area (Å²) in [5.41, 5.74) is 6.44. The van der Waals surface area contributed by atoms with Gasteiger partial charge in [0.2, 0.25) is 17.7 Å². The largest absolute Gasteiger partial charge is 0.480 e. The fraction of sp³-hybridized carbons (Fsp3) is 0.432. The van der Waals surface area contributed by atoms with Crippen LogP contribution in [0.15, 0.2) is 48.8 Å². The van der Waals surface area contributed by atoms with Gasteiger partial charge < -0.3 is 19.3 Å². The van der Waals surface area contributed by atoms with E-state index in [4.69, 9.17) is 52.6 Å². The molecule has 4 fully saturated rings. The molecule has 13 heteroatoms. The van der Waals surface area contributed by atoms with Crippen LogP contribution in [0.5, 0.6) is 11.8 Å². The Kier molecular flexibility index (Phi) is 8.47. The number of amides is 1. The van der Waals surface area contributed by atoms with E-state index in [1.54, 1.807) is 33.5 Å². The SMILES string of the molecule is COc1nc(-c2cccc(-c3cccc(-c4cnc(CN5CC6(C5)CN(C(C)=O)C6)c(OC)n4)c3Cl)c2Cl)cnc1CN1CC2(CN(C)C2)C1. The summed E-state index contributed by atoms with van der Waals surface area (Å²) < 4.78 is 11.4. The molecule has 260 valence electrons. The number of hydrogen-bond acceptors (Lipinski definition) is 10. The maximum atomic E-state index is 11.6. The summed E-state index contributed by atoms with van der Waals surface area (Å²) in [6.45, 7) is 10.9. The molecule has 2 aromatic carbocycles. The monoisotopic (exact) mass is 714 g/mol. The minimum Gasteiger partial charge on any atom is -0.480 e. The van der Waals surface area contributed by atoms with E-state index >= 15 is 0 Å². The minimum atomic E-state index is 0.141. The number of halogens is 2. The van der Waals surface area contributed by atoms with Gasteiger partial charge in [0.1, 0.15) is 11.4 Å². The third kappa shape index (κ3) is 5.88. The van der Waals surface area contributed by atoms with Gasteiger partial charge in [-0.1, -0.05) is 59.6 Å². The molecule has 0 bridgehead atoms. The van der Waals surface area contributed by atoms with E-state index in [0.717, 1.165) is 86.0 Å². The molecule has 4 saturated heterocycles. The molecule has 0 saturated carbocycles. The number of ether oxygens (including phenoxy) is 2. The summed E-state index contributed by atoms with van der Waals surface area (Å²) in [5, 5.41) is 1.02. The fourth-order valence-corrected chi connectivity index (χ4v) is 9.06. The molecule has 0 unspecified atom stereocenters. The lowest BCUT2D eigenvalue weighted by molar-refractivity contribution is -0.157. The first-order valence-electron chi connectivity index (χ1n) is 16.8. The van der Waals surface area contributed by atoms with Gasteiger partial charge in [0.25, 0.3) is 0 Å². The van der Waals surface area contributed by atoms with Crippen LogP contribution in [0.1, 0.15) is 18.3 Å². The number of hydrogen-bond donors (Lipinski definition) is 0. The Bertz CT molecular complexity index is 1960. The van der Waals surface area contributed by atoms with Gasteiger partial charge in [-0.25, -0.2) is 9.97 Å². The third-order valence-corrected chi connectivity index (χ3v) is 11.4. The number of methoxy groups -OCH3 is 2. The topological polar surface area (TPSA) is 100 Å². The van der Waals surface area contributed by atoms with Gasteiger partial charge in [-0.2, -0.15) is 0 Å². The van der Waals surface area contributed by atoms with Gasteiger partial charge in [-0.15, -0.1) is 0 Å². The highest BCUT2D eigenvalue weighted by atomic mass is 35.5. The van der Waals surface area contributed by atoms with Crippen LogP contribution >= 0.6 is 23.2 Å². The van der Waals surface area contributed by atoms with Crippen molar-refractivity contribution in [1.29, 1.82) is 0 Å². The number of carbonyl (C=O) groups excluding carboxylic acids is 1. The number of aromatic nitrogens is 4. The fourth-order valence-electron chi connectivity index (χ4n) is 8.41. The van der Waals surface area contributed by atoms with Crippen molar-refractivity contribution < 1.29 is 14.3 Å². The van der Waals surface area contributed by atoms with Crippen LogP contribution in [-0.4, -0.2) is 119 Å². The van der Waals surface area contributed by atoms with E-state index in [-0.39, 0.29) is 11.3 Å². The number of rotatable bonds is 9. The smallest absolute Gasteiger partial charge is 0.237 e. The summed E-state index contributed by atoms with van der Waals surface area (Å²) in [6, 6.07) is 11.6. The van der Waals surface area contributed by atoms with Crippen molar-refractivity contribution in [2.75, 3.05) is 73.6 Å². The first-order chi connectivity index (χ1) is 24.1. The highest BCUT2D eigenvalue weighted by Crippen LogP contribution is 2.44. The minimum absolute atomic E-state index is 0.141. The van der Waals surface area contributed by atoms with Gasteiger partial charge in [-0.3, -0.25) is 24.6 Å². The molecule has 0 radical (unpaired) electrons. The molecule has 2 aromatic heterocycles. The molecule has 4 aliphatic heterocycles. The van der Waals surface area contributed by atoms with Crippen LogP contribution in [0.25, 0.3) is 33.6 Å². The molecule has 50 heavy (non-hydrogen) atoms. The predicted molar refractivity (Wildman–Crippen MR) is 192 cm³/mol. The van der Waals surface area contributed by atoms with Gasteiger partial charge in [-0.05, 0) is 7.05 Å². The van der Waals surface area contributed by atoms with E-state index in [0.29, 0.717) is 51.7 Å². The van der Waals surface area contributed by atoms with E-state index in [1.807, 2.05) is 41.3 Å². The molecule has 4 aliphatic rings. The third-order valence-electron chi connectivity index (χ3n) is 10.5. The number of nitrogens with zero attached hydrogens (tertiary/aromatic N) is 8. The molecular formula is C37H40Cl2N8O3. The maximum absolute atomic E-state index is 11.6. The molecule has 11 nitrogen and oxygen atoms in total. The van der Waals surface area contributed by atoms with Gasteiger partial charge in [0.15, 0.2) is 0 Å². The zero-order valence-electron chi connectivity index (χ0n) is 28.7. The Morgan fingerprint density at radius 2 is 1.12 bits per heavy atom. The molecule has 2 spiro atoms. The first kappa shape index (κ1) is 33.3. The van der Waals surface area contributed by atoms with Gasteiger partial charge in [0.05, 0.1) is 48.0 Å². The summed E-state index contributed by atoms with van der Waals surface area (Å²) in [7, 11) is 5.40. The Morgan fingerprint density at radius 3 is 1.52 bits per heavy atom. The summed E-state index contributed by atoms with van der Waals surface area (Å²) in [5.74, 6) is 1.11. The zero-order chi connectivity index (χ0) is 34.8. The van der Waals surface area contributed by atoms with Crippen LogP contribution in [0, 0.1) is 10.8 Å². The zero-order valence-corrected chi connectivity index (χ0v) is 30.3. The second-order valence-electron chi connectivity index (χ2n) is 14.6. The van der Waals surface area contributed by atoms with Crippen molar-refractivity contribution in [2.45, 2.75) is 20.0 Å². The van der Waals surface area contributed by atoms with Crippen molar-refractivity contribution in [3.63, 3.8) is 0 Å². The van der Waals surface area contributed by atoms with Crippen molar-refractivity contribution in [2.24, 2.45) is 10.8 Å². The Hall–Kier alpha value is -3.87. The molecule has 0 atom stereocenters. The summed E-state index contributed by atoms with van der Waals surface area (Å²) >= 11 is 14.2. The number of likely N-dealkylation sites (tertiary alicyclic amines) is 4. The van der Waals surface area contributed by atoms with Crippen molar-refractivity contribution in [3.8, 4) is 45.4 Å². The Morgan fingerprint density at radius 1 is 0.700 bits per heavy atom. The molecule has 0 N–H and O–H groups in total. The lowest BCUT2D eigenvalue weighted by Gasteiger charge is -2.60. The molecule has 8 rings (SSSR count). The average molecular weight is 716 g/mol. The number of carbonyl (C=O) groups is 1. The standard InChI is InChI=1S/C37H40Cl2N8O3/c1-23(48)47-21-37(22-47)19-46(20-37)14-31-35(50-4)43-29(12-41-31)27-10-6-8-25(33(27)39)24-7-5-9-26(32(24)38)28-11-40-30(34(42-28)49-3)13-45-17-36(18-45)15-44(2)16-36/h5-12H,13-22H2,1-4H3. The molecule has 1 amide bonds. The van der Waals surface area contributed by atoms with Crippen LogP contribution in [0.2, 0.25) is 10.0 Å². The average Bonchev–Trinajstić information content (AvgIpc) is 3.04. The second-order valence-corrected chi connectivity index (χ2v) is 15.4. The number of benzene rings is 2. The lowest BCUT2D eigenvalue weighted by atomic mass is 9.73. The summed E-state index contributed by atoms with van der Waals surface area (Å²) in [4.78, 5) is 39.8. The second kappa shape index (κ2) is 12.7. The highest BCUT2D eigenvalue weighted by Gasteiger charge is 2.52. The predicted octanol–water partition coefficient (Wildman–Crippen LogP) is 5.00. The molecule has 6 heterocycles. The molecule has 4 aromatic rings. The van der Waals surface area contributed by atoms with Crippen LogP contribution < -0.4 is 9.47 Å². The maximum Gasteiger partial charge on any atom is 0.237 e. The van der Waals surface area contributed by atoms with Crippen LogP contribution in [0.3, 0.4) is 0 Å². The highest BCUT2D eigenvalue weighted by molar-refractivity contribution is 6.39. The normalized spacial score (nSPS) is 19.4. The quantitative estimate of drug-likeness (QED) is 0.236. The summed E-state index contributed by atoms with van der Waals surface area (Å²) in [6.07, 6.45) is 3.51. The van der Waals surface area contributed by atoms with E-state index < -0.39 is 0 Å². The lowest BCUT2D eigenvalue weighted by Crippen LogP contribution is -2.72. The first-order valence-corrected chi connectivity index (χ1v) is 17.6. The van der Waals surface area contributed by atoms with Gasteiger partial charge in [0, 0.05) is 105 Å². The van der Waals surface area contributed by atoms with Crippen molar-refractivity contribution >= 4 is 29.1 Å². The van der Waals surface area contributed by atoms with Crippen LogP contribution in [-0.2, 0) is 17.9 Å². The Labute approximate surface area is 302 Å². The molecular weight excluding hydrogens is 675 g/mol. The van der Waals surface area contributed by atoms with E-state index in [9.17, 15) is 4.79 Å². The van der Waals surface area contributed by atoms with E-state index in [2.05, 4.69) is 21.7 Å². The van der Waals surface area contributed by atoms with Crippen LogP contribution in [0.4, 0.5) is 0 Å². The Balaban J connectivity index is 0.999. The van der Waals surface area contributed by atoms with Crippen molar-refractivity contribution in [3.05, 3.63) is 70.2 Å².